The van der Waals surface area contributed by atoms with Crippen molar-refractivity contribution in [2.75, 3.05) is 13.7 Å². The fourth-order valence-corrected chi connectivity index (χ4v) is 5.56. The first kappa shape index (κ1) is 32.1. The maximum atomic E-state index is 12.7. The zero-order valence-electron chi connectivity index (χ0n) is 23.9. The van der Waals surface area contributed by atoms with E-state index in [0.29, 0.717) is 5.57 Å². The van der Waals surface area contributed by atoms with Gasteiger partial charge in [-0.2, -0.15) is 0 Å². The molecule has 1 aromatic rings. The van der Waals surface area contributed by atoms with E-state index < -0.39 is 22.5 Å². The Morgan fingerprint density at radius 2 is 1.72 bits per heavy atom. The third-order valence-electron chi connectivity index (χ3n) is 7.57. The van der Waals surface area contributed by atoms with Crippen molar-refractivity contribution in [1.82, 2.24) is 4.72 Å². The molecule has 0 bridgehead atoms. The van der Waals surface area contributed by atoms with Gasteiger partial charge < -0.3 is 9.84 Å². The van der Waals surface area contributed by atoms with E-state index >= 15 is 0 Å². The zero-order chi connectivity index (χ0) is 27.9. The number of aliphatic hydroxyl groups excluding tert-OH is 1. The molecule has 6 nitrogen and oxygen atoms in total. The predicted octanol–water partition coefficient (Wildman–Crippen LogP) is 5.73. The summed E-state index contributed by atoms with van der Waals surface area (Å²) in [5.41, 5.74) is 4.98. The summed E-state index contributed by atoms with van der Waals surface area (Å²) in [6, 6.07) is 6.59. The molecular weight excluding hydrogens is 474 g/mol. The summed E-state index contributed by atoms with van der Waals surface area (Å²) in [5, 5.41) is 10.4. The molecule has 0 aliphatic carbocycles. The quantitative estimate of drug-likeness (QED) is 0.271. The summed E-state index contributed by atoms with van der Waals surface area (Å²) in [6.45, 7) is 17.6. The number of aryl methyl sites for hydroxylation is 2. The highest BCUT2D eigenvalue weighted by Crippen LogP contribution is 2.40. The summed E-state index contributed by atoms with van der Waals surface area (Å²) in [7, 11) is -2.59. The van der Waals surface area contributed by atoms with E-state index in [-0.39, 0.29) is 21.8 Å². The Morgan fingerprint density at radius 3 is 2.19 bits per heavy atom. The monoisotopic (exact) mass is 521 g/mol. The number of benzene rings is 1. The Bertz CT molecular complexity index is 1070. The van der Waals surface area contributed by atoms with Gasteiger partial charge in [0.05, 0.1) is 18.1 Å². The van der Waals surface area contributed by atoms with Crippen molar-refractivity contribution < 1.29 is 23.1 Å². The van der Waals surface area contributed by atoms with Gasteiger partial charge >= 0.3 is 5.97 Å². The van der Waals surface area contributed by atoms with E-state index in [4.69, 9.17) is 0 Å². The van der Waals surface area contributed by atoms with Gasteiger partial charge in [0.2, 0.25) is 10.0 Å². The number of carbonyl (C=O) groups is 1. The van der Waals surface area contributed by atoms with Crippen LogP contribution in [0.1, 0.15) is 91.3 Å². The molecule has 36 heavy (non-hydrogen) atoms. The third kappa shape index (κ3) is 8.02. The fraction of sp³-hybridized carbons (Fsp3) is 0.621. The normalized spacial score (nSPS) is 14.9. The molecule has 0 spiro atoms. The molecule has 0 fully saturated rings. The number of esters is 1. The van der Waals surface area contributed by atoms with Crippen LogP contribution < -0.4 is 4.72 Å². The molecule has 204 valence electrons. The van der Waals surface area contributed by atoms with Crippen LogP contribution in [-0.4, -0.2) is 39.3 Å². The first-order valence-corrected chi connectivity index (χ1v) is 14.2. The van der Waals surface area contributed by atoms with Gasteiger partial charge in [-0.25, -0.2) is 13.1 Å². The van der Waals surface area contributed by atoms with Crippen LogP contribution in [0, 0.1) is 12.3 Å². The number of ether oxygens (including phenoxy) is 1. The first-order chi connectivity index (χ1) is 16.5. The lowest BCUT2D eigenvalue weighted by molar-refractivity contribution is -0.139. The van der Waals surface area contributed by atoms with Crippen LogP contribution in [0.3, 0.4) is 0 Å². The molecule has 1 unspecified atom stereocenters. The van der Waals surface area contributed by atoms with Crippen molar-refractivity contribution in [2.24, 2.45) is 5.41 Å². The molecule has 0 saturated heterocycles. The van der Waals surface area contributed by atoms with Crippen LogP contribution in [0.4, 0.5) is 0 Å². The maximum Gasteiger partial charge on any atom is 0.320 e. The average Bonchev–Trinajstić information content (AvgIpc) is 2.81. The van der Waals surface area contributed by atoms with Crippen LogP contribution in [0.2, 0.25) is 0 Å². The number of nitrogens with one attached hydrogen (secondary N) is 1. The number of rotatable bonds is 12. The number of methoxy groups -OCH3 is 1. The number of hydrogen-bond acceptors (Lipinski definition) is 5. The van der Waals surface area contributed by atoms with Crippen molar-refractivity contribution in [3.63, 3.8) is 0 Å². The largest absolute Gasteiger partial charge is 0.468 e. The number of sulfonamides is 1. The van der Waals surface area contributed by atoms with Gasteiger partial charge in [-0.1, -0.05) is 64.5 Å². The predicted molar refractivity (Wildman–Crippen MR) is 148 cm³/mol. The van der Waals surface area contributed by atoms with Crippen LogP contribution in [0.15, 0.2) is 40.3 Å². The molecule has 0 aromatic heterocycles. The Kier molecular flexibility index (Phi) is 11.6. The maximum absolute atomic E-state index is 12.7. The molecule has 7 heteroatoms. The van der Waals surface area contributed by atoms with Crippen molar-refractivity contribution in [1.29, 1.82) is 0 Å². The molecule has 0 heterocycles. The van der Waals surface area contributed by atoms with Crippen molar-refractivity contribution in [3.8, 4) is 0 Å². The van der Waals surface area contributed by atoms with E-state index in [1.54, 1.807) is 13.8 Å². The topological polar surface area (TPSA) is 92.7 Å². The fourth-order valence-electron chi connectivity index (χ4n) is 4.55. The first-order valence-electron chi connectivity index (χ1n) is 12.8. The van der Waals surface area contributed by atoms with Gasteiger partial charge in [0.1, 0.15) is 6.54 Å². The van der Waals surface area contributed by atoms with Gasteiger partial charge in [0, 0.05) is 5.41 Å². The van der Waals surface area contributed by atoms with Gasteiger partial charge in [-0.3, -0.25) is 4.79 Å². The highest BCUT2D eigenvalue weighted by Gasteiger charge is 2.31. The number of carbonyl (C=O) groups excluding carboxylic acids is 1. The molecule has 0 aliphatic rings. The molecule has 1 rings (SSSR count). The highest BCUT2D eigenvalue weighted by molar-refractivity contribution is 7.93. The standard InChI is InChI=1S/C29H47NO5S/c1-11-29(12-2,22(5)17-20(3)23(6)36(33,34)30-19-27(32)35-10)25-15-13-24(21(4)18-25)14-16-26(31)28(7,8)9/h13,15,17-18,26,30-31H,11-12,14,16,19H2,1-10H3/b22-17+,23-20+. The van der Waals surface area contributed by atoms with Gasteiger partial charge in [0.15, 0.2) is 0 Å². The Labute approximate surface area is 219 Å². The second-order valence-electron chi connectivity index (χ2n) is 10.8. The van der Waals surface area contributed by atoms with E-state index in [1.807, 2.05) is 6.08 Å². The van der Waals surface area contributed by atoms with E-state index in [2.05, 4.69) is 76.1 Å². The van der Waals surface area contributed by atoms with Crippen molar-refractivity contribution >= 4 is 16.0 Å². The van der Waals surface area contributed by atoms with Crippen LogP contribution in [0.25, 0.3) is 0 Å². The highest BCUT2D eigenvalue weighted by atomic mass is 32.2. The summed E-state index contributed by atoms with van der Waals surface area (Å²) < 4.78 is 32.1. The Hall–Kier alpha value is -1.96. The Morgan fingerprint density at radius 1 is 1.14 bits per heavy atom. The minimum atomic E-state index is -3.81. The van der Waals surface area contributed by atoms with Gasteiger partial charge in [-0.05, 0) is 81.1 Å². The molecule has 0 amide bonds. The summed E-state index contributed by atoms with van der Waals surface area (Å²) >= 11 is 0. The molecule has 0 aliphatic heterocycles. The second-order valence-corrected chi connectivity index (χ2v) is 12.7. The molecule has 0 saturated carbocycles. The number of aliphatic hydroxyl groups is 1. The summed E-state index contributed by atoms with van der Waals surface area (Å²) in [5.74, 6) is -0.640. The minimum absolute atomic E-state index is 0.138. The Balaban J connectivity index is 3.32. The van der Waals surface area contributed by atoms with Crippen molar-refractivity contribution in [3.05, 3.63) is 57.0 Å². The number of hydrogen-bond donors (Lipinski definition) is 2. The zero-order valence-corrected chi connectivity index (χ0v) is 24.7. The van der Waals surface area contributed by atoms with Crippen molar-refractivity contribution in [2.45, 2.75) is 99.5 Å². The molecule has 1 aromatic carbocycles. The smallest absolute Gasteiger partial charge is 0.320 e. The van der Waals surface area contributed by atoms with Gasteiger partial charge in [0.25, 0.3) is 0 Å². The second kappa shape index (κ2) is 13.0. The van der Waals surface area contributed by atoms with E-state index in [0.717, 1.165) is 31.3 Å². The third-order valence-corrected chi connectivity index (χ3v) is 9.22. The van der Waals surface area contributed by atoms with Crippen LogP contribution >= 0.6 is 0 Å². The van der Waals surface area contributed by atoms with Crippen LogP contribution in [-0.2, 0) is 31.4 Å². The van der Waals surface area contributed by atoms with Crippen LogP contribution in [0.5, 0.6) is 0 Å². The van der Waals surface area contributed by atoms with E-state index in [9.17, 15) is 18.3 Å². The lowest BCUT2D eigenvalue weighted by Crippen LogP contribution is -2.31. The lowest BCUT2D eigenvalue weighted by Gasteiger charge is -2.35. The molecular formula is C29H47NO5S. The average molecular weight is 522 g/mol. The number of allylic oxidation sites excluding steroid dienone is 4. The molecule has 1 atom stereocenters. The van der Waals surface area contributed by atoms with E-state index in [1.165, 1.54) is 23.8 Å². The molecule has 2 N–H and O–H groups in total. The SMILES string of the molecule is CCC(CC)(/C(C)=C/C(C)=C(\C)S(=O)(=O)NCC(=O)OC)c1ccc(CCC(O)C(C)(C)C)c(C)c1. The molecule has 0 radical (unpaired) electrons. The lowest BCUT2D eigenvalue weighted by atomic mass is 9.69. The summed E-state index contributed by atoms with van der Waals surface area (Å²) in [4.78, 5) is 11.6. The minimum Gasteiger partial charge on any atom is -0.468 e. The summed E-state index contributed by atoms with van der Waals surface area (Å²) in [6.07, 6.45) is 4.87. The van der Waals surface area contributed by atoms with Gasteiger partial charge in [-0.15, -0.1) is 0 Å².